The largest absolute Gasteiger partial charge is 0.442 e. The zero-order valence-corrected chi connectivity index (χ0v) is 8.60. The summed E-state index contributed by atoms with van der Waals surface area (Å²) in [5.41, 5.74) is 0.597. The van der Waals surface area contributed by atoms with E-state index in [9.17, 15) is 9.59 Å². The van der Waals surface area contributed by atoms with E-state index in [-0.39, 0.29) is 12.0 Å². The van der Waals surface area contributed by atoms with Gasteiger partial charge in [-0.05, 0) is 12.1 Å². The number of amides is 2. The number of cyclic esters (lactones) is 1. The summed E-state index contributed by atoms with van der Waals surface area (Å²) in [6.07, 6.45) is -0.709. The quantitative estimate of drug-likeness (QED) is 0.780. The molecule has 0 aromatic heterocycles. The van der Waals surface area contributed by atoms with E-state index >= 15 is 0 Å². The molecule has 0 saturated carbocycles. The van der Waals surface area contributed by atoms with Gasteiger partial charge in [0.1, 0.15) is 6.10 Å². The van der Waals surface area contributed by atoms with Crippen molar-refractivity contribution in [3.63, 3.8) is 0 Å². The molecule has 5 nitrogen and oxygen atoms in total. The minimum absolute atomic E-state index is 0.163. The molecule has 1 aromatic carbocycles. The van der Waals surface area contributed by atoms with Crippen LogP contribution in [-0.2, 0) is 4.74 Å². The van der Waals surface area contributed by atoms with Gasteiger partial charge < -0.3 is 15.4 Å². The first-order valence-electron chi connectivity index (χ1n) is 5.03. The maximum Gasteiger partial charge on any atom is 0.407 e. The summed E-state index contributed by atoms with van der Waals surface area (Å²) in [5.74, 6) is -0.163. The molecule has 1 aromatic rings. The van der Waals surface area contributed by atoms with E-state index < -0.39 is 6.09 Å². The van der Waals surface area contributed by atoms with Crippen molar-refractivity contribution in [3.8, 4) is 0 Å². The SMILES string of the molecule is O=C1NCC(CNC(=O)c2ccccc2)O1. The average Bonchev–Trinajstić information content (AvgIpc) is 2.73. The van der Waals surface area contributed by atoms with Crippen LogP contribution >= 0.6 is 0 Å². The van der Waals surface area contributed by atoms with Crippen LogP contribution in [0.25, 0.3) is 0 Å². The van der Waals surface area contributed by atoms with E-state index in [1.54, 1.807) is 24.3 Å². The van der Waals surface area contributed by atoms with Crippen LogP contribution in [0.3, 0.4) is 0 Å². The molecule has 1 atom stereocenters. The molecule has 1 heterocycles. The number of ether oxygens (including phenoxy) is 1. The lowest BCUT2D eigenvalue weighted by atomic mass is 10.2. The van der Waals surface area contributed by atoms with E-state index in [4.69, 9.17) is 4.74 Å². The Kier molecular flexibility index (Phi) is 3.05. The minimum atomic E-state index is -0.432. The van der Waals surface area contributed by atoms with Gasteiger partial charge in [0.05, 0.1) is 13.1 Å². The molecule has 0 radical (unpaired) electrons. The van der Waals surface area contributed by atoms with E-state index in [0.29, 0.717) is 18.7 Å². The Labute approximate surface area is 92.8 Å². The van der Waals surface area contributed by atoms with Gasteiger partial charge in [0.2, 0.25) is 0 Å². The van der Waals surface area contributed by atoms with Crippen molar-refractivity contribution in [1.82, 2.24) is 10.6 Å². The molecule has 1 unspecified atom stereocenters. The molecule has 5 heteroatoms. The number of carbonyl (C=O) groups is 2. The number of nitrogens with one attached hydrogen (secondary N) is 2. The second kappa shape index (κ2) is 4.65. The lowest BCUT2D eigenvalue weighted by molar-refractivity contribution is 0.0916. The molecule has 0 spiro atoms. The van der Waals surface area contributed by atoms with Crippen molar-refractivity contribution in [2.45, 2.75) is 6.10 Å². The lowest BCUT2D eigenvalue weighted by Crippen LogP contribution is -2.33. The summed E-state index contributed by atoms with van der Waals surface area (Å²) < 4.78 is 4.88. The molecule has 1 aliphatic heterocycles. The van der Waals surface area contributed by atoms with Crippen LogP contribution in [0.5, 0.6) is 0 Å². The van der Waals surface area contributed by atoms with E-state index in [1.807, 2.05) is 6.07 Å². The minimum Gasteiger partial charge on any atom is -0.442 e. The normalized spacial score (nSPS) is 18.8. The Hall–Kier alpha value is -2.04. The highest BCUT2D eigenvalue weighted by Gasteiger charge is 2.22. The van der Waals surface area contributed by atoms with Crippen molar-refractivity contribution in [3.05, 3.63) is 35.9 Å². The van der Waals surface area contributed by atoms with Gasteiger partial charge in [-0.25, -0.2) is 4.79 Å². The highest BCUT2D eigenvalue weighted by molar-refractivity contribution is 5.94. The summed E-state index contributed by atoms with van der Waals surface area (Å²) in [4.78, 5) is 22.3. The summed E-state index contributed by atoms with van der Waals surface area (Å²) in [7, 11) is 0. The molecular weight excluding hydrogens is 208 g/mol. The molecule has 1 aliphatic rings. The second-order valence-corrected chi connectivity index (χ2v) is 3.48. The van der Waals surface area contributed by atoms with Gasteiger partial charge in [0.15, 0.2) is 0 Å². The number of hydrogen-bond donors (Lipinski definition) is 2. The molecular formula is C11H12N2O3. The first kappa shape index (κ1) is 10.5. The average molecular weight is 220 g/mol. The Bertz CT molecular complexity index is 391. The zero-order valence-electron chi connectivity index (χ0n) is 8.60. The van der Waals surface area contributed by atoms with Crippen molar-refractivity contribution in [1.29, 1.82) is 0 Å². The maximum atomic E-state index is 11.6. The van der Waals surface area contributed by atoms with Gasteiger partial charge in [0.25, 0.3) is 5.91 Å². The van der Waals surface area contributed by atoms with Gasteiger partial charge in [-0.3, -0.25) is 4.79 Å². The van der Waals surface area contributed by atoms with Crippen LogP contribution in [0, 0.1) is 0 Å². The first-order chi connectivity index (χ1) is 7.75. The molecule has 1 saturated heterocycles. The second-order valence-electron chi connectivity index (χ2n) is 3.48. The van der Waals surface area contributed by atoms with Crippen molar-refractivity contribution in [2.75, 3.05) is 13.1 Å². The van der Waals surface area contributed by atoms with Crippen LogP contribution in [0.2, 0.25) is 0 Å². The van der Waals surface area contributed by atoms with Gasteiger partial charge in [-0.1, -0.05) is 18.2 Å². The highest BCUT2D eigenvalue weighted by atomic mass is 16.6. The molecule has 0 aliphatic carbocycles. The number of hydrogen-bond acceptors (Lipinski definition) is 3. The fraction of sp³-hybridized carbons (Fsp3) is 0.273. The van der Waals surface area contributed by atoms with Crippen LogP contribution in [0.4, 0.5) is 4.79 Å². The molecule has 2 N–H and O–H groups in total. The van der Waals surface area contributed by atoms with E-state index in [1.165, 1.54) is 0 Å². The molecule has 16 heavy (non-hydrogen) atoms. The Balaban J connectivity index is 1.82. The predicted octanol–water partition coefficient (Wildman–Crippen LogP) is 0.525. The summed E-state index contributed by atoms with van der Waals surface area (Å²) in [5, 5.41) is 5.23. The standard InChI is InChI=1S/C11H12N2O3/c14-10(8-4-2-1-3-5-8)12-6-9-7-13-11(15)16-9/h1-5,9H,6-7H2,(H,12,14)(H,13,15). The summed E-state index contributed by atoms with van der Waals surface area (Å²) in [6, 6.07) is 8.90. The fourth-order valence-electron chi connectivity index (χ4n) is 1.44. The number of benzene rings is 1. The summed E-state index contributed by atoms with van der Waals surface area (Å²) >= 11 is 0. The van der Waals surface area contributed by atoms with Gasteiger partial charge in [-0.2, -0.15) is 0 Å². The van der Waals surface area contributed by atoms with Crippen molar-refractivity contribution < 1.29 is 14.3 Å². The maximum absolute atomic E-state index is 11.6. The van der Waals surface area contributed by atoms with Crippen LogP contribution in [-0.4, -0.2) is 31.2 Å². The van der Waals surface area contributed by atoms with E-state index in [0.717, 1.165) is 0 Å². The van der Waals surface area contributed by atoms with Gasteiger partial charge >= 0.3 is 6.09 Å². The van der Waals surface area contributed by atoms with Gasteiger partial charge in [-0.15, -0.1) is 0 Å². The van der Waals surface area contributed by atoms with Crippen molar-refractivity contribution >= 4 is 12.0 Å². The van der Waals surface area contributed by atoms with Crippen LogP contribution < -0.4 is 10.6 Å². The Morgan fingerprint density at radius 1 is 1.44 bits per heavy atom. The monoisotopic (exact) mass is 220 g/mol. The molecule has 1 fully saturated rings. The molecule has 0 bridgehead atoms. The number of carbonyl (C=O) groups excluding carboxylic acids is 2. The molecule has 84 valence electrons. The lowest BCUT2D eigenvalue weighted by Gasteiger charge is -2.09. The smallest absolute Gasteiger partial charge is 0.407 e. The Morgan fingerprint density at radius 3 is 2.81 bits per heavy atom. The summed E-state index contributed by atoms with van der Waals surface area (Å²) in [6.45, 7) is 0.764. The topological polar surface area (TPSA) is 67.4 Å². The van der Waals surface area contributed by atoms with Crippen LogP contribution in [0.1, 0.15) is 10.4 Å². The zero-order chi connectivity index (χ0) is 11.4. The van der Waals surface area contributed by atoms with E-state index in [2.05, 4.69) is 10.6 Å². The molecule has 2 rings (SSSR count). The van der Waals surface area contributed by atoms with Crippen molar-refractivity contribution in [2.24, 2.45) is 0 Å². The van der Waals surface area contributed by atoms with Gasteiger partial charge in [0, 0.05) is 5.56 Å². The first-order valence-corrected chi connectivity index (χ1v) is 5.03. The predicted molar refractivity (Wildman–Crippen MR) is 57.0 cm³/mol. The molecule has 2 amide bonds. The number of alkyl carbamates (subject to hydrolysis) is 1. The highest BCUT2D eigenvalue weighted by Crippen LogP contribution is 2.00. The fourth-order valence-corrected chi connectivity index (χ4v) is 1.44. The van der Waals surface area contributed by atoms with Crippen LogP contribution in [0.15, 0.2) is 30.3 Å². The third-order valence-corrected chi connectivity index (χ3v) is 2.27. The third kappa shape index (κ3) is 2.50. The third-order valence-electron chi connectivity index (χ3n) is 2.27. The number of rotatable bonds is 3. The Morgan fingerprint density at radius 2 is 2.19 bits per heavy atom.